The maximum Gasteiger partial charge on any atom is 0.413 e. The Morgan fingerprint density at radius 1 is 1.19 bits per heavy atom. The molecule has 3 N–H and O–H groups in total. The van der Waals surface area contributed by atoms with E-state index in [2.05, 4.69) is 20.9 Å². The molecule has 0 radical (unpaired) electrons. The number of carbonyl (C=O) groups is 2. The van der Waals surface area contributed by atoms with Gasteiger partial charge >= 0.3 is 6.09 Å². The lowest BCUT2D eigenvalue weighted by molar-refractivity contribution is 0.0957. The molecule has 1 aromatic carbocycles. The Morgan fingerprint density at radius 3 is 2.59 bits per heavy atom. The van der Waals surface area contributed by atoms with Crippen LogP contribution >= 0.6 is 12.2 Å². The number of amides is 2. The van der Waals surface area contributed by atoms with Crippen LogP contribution in [0.3, 0.4) is 0 Å². The highest BCUT2D eigenvalue weighted by molar-refractivity contribution is 7.80. The van der Waals surface area contributed by atoms with Gasteiger partial charge in [0, 0.05) is 25.0 Å². The van der Waals surface area contributed by atoms with Crippen molar-refractivity contribution in [3.05, 3.63) is 47.8 Å². The first-order chi connectivity index (χ1) is 12.9. The number of benzene rings is 1. The second kappa shape index (κ2) is 9.48. The minimum Gasteiger partial charge on any atom is -0.457 e. The molecule has 0 aliphatic carbocycles. The van der Waals surface area contributed by atoms with Gasteiger partial charge in [0.05, 0.1) is 6.61 Å². The summed E-state index contributed by atoms with van der Waals surface area (Å²) in [5, 5.41) is 7.99. The Kier molecular flexibility index (Phi) is 7.07. The average Bonchev–Trinajstić information content (AvgIpc) is 2.63. The summed E-state index contributed by atoms with van der Waals surface area (Å²) in [6, 6.07) is 8.52. The van der Waals surface area contributed by atoms with Crippen LogP contribution in [0.1, 0.15) is 23.0 Å². The van der Waals surface area contributed by atoms with Crippen molar-refractivity contribution < 1.29 is 19.1 Å². The van der Waals surface area contributed by atoms with Crippen LogP contribution < -0.4 is 20.7 Å². The van der Waals surface area contributed by atoms with Crippen molar-refractivity contribution in [2.24, 2.45) is 0 Å². The van der Waals surface area contributed by atoms with E-state index in [1.165, 1.54) is 13.2 Å². The third-order valence-corrected chi connectivity index (χ3v) is 3.57. The summed E-state index contributed by atoms with van der Waals surface area (Å²) in [5.41, 5.74) is 1.83. The van der Waals surface area contributed by atoms with Crippen LogP contribution in [0.4, 0.5) is 10.5 Å². The third-order valence-electron chi connectivity index (χ3n) is 3.36. The number of rotatable bonds is 5. The number of anilines is 1. The Balaban J connectivity index is 2.05. The molecule has 0 saturated carbocycles. The molecule has 0 aliphatic heterocycles. The molecule has 2 amide bonds. The monoisotopic (exact) mass is 388 g/mol. The SMILES string of the molecule is CCOC(=O)NC(=S)Nc1ccc(Oc2ccnc(C(=O)NC)c2)cc1C. The number of pyridine rings is 1. The third kappa shape index (κ3) is 5.93. The maximum atomic E-state index is 11.6. The van der Waals surface area contributed by atoms with E-state index in [-0.39, 0.29) is 23.3 Å². The average molecular weight is 388 g/mol. The van der Waals surface area contributed by atoms with E-state index < -0.39 is 6.09 Å². The van der Waals surface area contributed by atoms with Gasteiger partial charge < -0.3 is 20.1 Å². The van der Waals surface area contributed by atoms with Crippen molar-refractivity contribution >= 4 is 35.0 Å². The Labute approximate surface area is 162 Å². The fourth-order valence-corrected chi connectivity index (χ4v) is 2.31. The minimum absolute atomic E-state index is 0.134. The molecular weight excluding hydrogens is 368 g/mol. The number of nitrogens with zero attached hydrogens (tertiary/aromatic N) is 1. The zero-order valence-corrected chi connectivity index (χ0v) is 16.0. The Hall–Kier alpha value is -3.20. The molecule has 1 aromatic heterocycles. The molecule has 0 atom stereocenters. The van der Waals surface area contributed by atoms with Crippen molar-refractivity contribution in [1.29, 1.82) is 0 Å². The first-order valence-electron chi connectivity index (χ1n) is 8.14. The van der Waals surface area contributed by atoms with Crippen LogP contribution in [0.2, 0.25) is 0 Å². The Morgan fingerprint density at radius 2 is 1.93 bits per heavy atom. The molecule has 0 spiro atoms. The largest absolute Gasteiger partial charge is 0.457 e. The molecular formula is C18H20N4O4S. The molecule has 142 valence electrons. The van der Waals surface area contributed by atoms with Crippen molar-refractivity contribution in [2.45, 2.75) is 13.8 Å². The van der Waals surface area contributed by atoms with E-state index in [9.17, 15) is 9.59 Å². The minimum atomic E-state index is -0.614. The zero-order chi connectivity index (χ0) is 19.8. The molecule has 0 unspecified atom stereocenters. The van der Waals surface area contributed by atoms with Gasteiger partial charge in [-0.25, -0.2) is 4.79 Å². The molecule has 0 aliphatic rings. The second-order valence-corrected chi connectivity index (χ2v) is 5.74. The van der Waals surface area contributed by atoms with Gasteiger partial charge in [-0.3, -0.25) is 15.1 Å². The second-order valence-electron chi connectivity index (χ2n) is 5.33. The number of nitrogens with one attached hydrogen (secondary N) is 3. The molecule has 27 heavy (non-hydrogen) atoms. The van der Waals surface area contributed by atoms with E-state index in [0.717, 1.165) is 5.56 Å². The predicted octanol–water partition coefficient (Wildman–Crippen LogP) is 2.98. The van der Waals surface area contributed by atoms with Crippen LogP contribution in [0.25, 0.3) is 0 Å². The van der Waals surface area contributed by atoms with Crippen molar-refractivity contribution in [3.8, 4) is 11.5 Å². The van der Waals surface area contributed by atoms with E-state index in [0.29, 0.717) is 17.2 Å². The number of aryl methyl sites for hydroxylation is 1. The van der Waals surface area contributed by atoms with Crippen LogP contribution in [-0.2, 0) is 4.74 Å². The summed E-state index contributed by atoms with van der Waals surface area (Å²) in [4.78, 5) is 27.0. The molecule has 0 fully saturated rings. The van der Waals surface area contributed by atoms with Crippen LogP contribution in [0, 0.1) is 6.92 Å². The predicted molar refractivity (Wildman–Crippen MR) is 105 cm³/mol. The lowest BCUT2D eigenvalue weighted by Gasteiger charge is -2.13. The van der Waals surface area contributed by atoms with Gasteiger partial charge in [-0.05, 0) is 55.9 Å². The maximum absolute atomic E-state index is 11.6. The summed E-state index contributed by atoms with van der Waals surface area (Å²) >= 11 is 5.07. The van der Waals surface area contributed by atoms with Gasteiger partial charge in [0.15, 0.2) is 5.11 Å². The highest BCUT2D eigenvalue weighted by atomic mass is 32.1. The highest BCUT2D eigenvalue weighted by Crippen LogP contribution is 2.26. The number of thiocarbonyl (C=S) groups is 1. The fraction of sp³-hybridized carbons (Fsp3) is 0.222. The molecule has 8 nitrogen and oxygen atoms in total. The van der Waals surface area contributed by atoms with Gasteiger partial charge in [-0.15, -0.1) is 0 Å². The lowest BCUT2D eigenvalue weighted by atomic mass is 10.2. The van der Waals surface area contributed by atoms with Crippen molar-refractivity contribution in [2.75, 3.05) is 19.0 Å². The molecule has 2 rings (SSSR count). The number of alkyl carbamates (subject to hydrolysis) is 1. The van der Waals surface area contributed by atoms with E-state index in [4.69, 9.17) is 21.7 Å². The molecule has 2 aromatic rings. The molecule has 0 bridgehead atoms. The number of hydrogen-bond acceptors (Lipinski definition) is 6. The lowest BCUT2D eigenvalue weighted by Crippen LogP contribution is -2.34. The van der Waals surface area contributed by atoms with Gasteiger partial charge in [0.25, 0.3) is 5.91 Å². The van der Waals surface area contributed by atoms with Crippen molar-refractivity contribution in [1.82, 2.24) is 15.6 Å². The summed E-state index contributed by atoms with van der Waals surface area (Å²) in [7, 11) is 1.54. The molecule has 9 heteroatoms. The van der Waals surface area contributed by atoms with Crippen LogP contribution in [0.15, 0.2) is 36.5 Å². The molecule has 0 saturated heterocycles. The zero-order valence-electron chi connectivity index (χ0n) is 15.2. The Bertz CT molecular complexity index is 857. The summed E-state index contributed by atoms with van der Waals surface area (Å²) in [6.07, 6.45) is 0.888. The van der Waals surface area contributed by atoms with Gasteiger partial charge in [-0.1, -0.05) is 0 Å². The molecule has 1 heterocycles. The van der Waals surface area contributed by atoms with E-state index >= 15 is 0 Å². The van der Waals surface area contributed by atoms with Crippen LogP contribution in [0.5, 0.6) is 11.5 Å². The standard InChI is InChI=1S/C18H20N4O4S/c1-4-25-18(24)22-17(27)21-14-6-5-12(9-11(14)2)26-13-7-8-20-15(10-13)16(23)19-3/h5-10H,4H2,1-3H3,(H,19,23)(H2,21,22,24,27). The summed E-state index contributed by atoms with van der Waals surface area (Å²) in [6.45, 7) is 3.83. The smallest absolute Gasteiger partial charge is 0.413 e. The van der Waals surface area contributed by atoms with Gasteiger partial charge in [-0.2, -0.15) is 0 Å². The van der Waals surface area contributed by atoms with Crippen molar-refractivity contribution in [3.63, 3.8) is 0 Å². The first kappa shape index (κ1) is 20.1. The highest BCUT2D eigenvalue weighted by Gasteiger charge is 2.09. The van der Waals surface area contributed by atoms with E-state index in [1.807, 2.05) is 6.92 Å². The number of ether oxygens (including phenoxy) is 2. The topological polar surface area (TPSA) is 102 Å². The quantitative estimate of drug-likeness (QED) is 0.677. The summed E-state index contributed by atoms with van der Waals surface area (Å²) in [5.74, 6) is 0.776. The van der Waals surface area contributed by atoms with E-state index in [1.54, 1.807) is 37.3 Å². The number of hydrogen-bond donors (Lipinski definition) is 3. The fourth-order valence-electron chi connectivity index (χ4n) is 2.12. The van der Waals surface area contributed by atoms with Crippen LogP contribution in [-0.4, -0.2) is 35.8 Å². The normalized spacial score (nSPS) is 9.89. The number of aromatic nitrogens is 1. The number of carbonyl (C=O) groups excluding carboxylic acids is 2. The van der Waals surface area contributed by atoms with Gasteiger partial charge in [0.1, 0.15) is 17.2 Å². The summed E-state index contributed by atoms with van der Waals surface area (Å²) < 4.78 is 10.6. The van der Waals surface area contributed by atoms with Gasteiger partial charge in [0.2, 0.25) is 0 Å². The first-order valence-corrected chi connectivity index (χ1v) is 8.55.